The first kappa shape index (κ1) is 12.7. The highest BCUT2D eigenvalue weighted by Gasteiger charge is 2.26. The maximum absolute atomic E-state index is 5.85. The Hall–Kier alpha value is -0.380. The van der Waals surface area contributed by atoms with Crippen LogP contribution in [0.1, 0.15) is 33.1 Å². The Morgan fingerprint density at radius 1 is 1.27 bits per heavy atom. The summed E-state index contributed by atoms with van der Waals surface area (Å²) in [6, 6.07) is 1.17. The van der Waals surface area contributed by atoms with E-state index >= 15 is 0 Å². The van der Waals surface area contributed by atoms with Crippen LogP contribution in [0.3, 0.4) is 0 Å². The van der Waals surface area contributed by atoms with Gasteiger partial charge in [-0.25, -0.2) is 5.01 Å². The first-order valence-electron chi connectivity index (χ1n) is 6.01. The number of hydrogen-bond donors (Lipinski definition) is 1. The van der Waals surface area contributed by atoms with Gasteiger partial charge >= 0.3 is 0 Å². The quantitative estimate of drug-likeness (QED) is 0.426. The van der Waals surface area contributed by atoms with Crippen LogP contribution in [-0.2, 0) is 0 Å². The molecule has 0 saturated carbocycles. The summed E-state index contributed by atoms with van der Waals surface area (Å²) in [7, 11) is 0. The highest BCUT2D eigenvalue weighted by atomic mass is 15.4. The topological polar surface area (TPSA) is 32.5 Å². The summed E-state index contributed by atoms with van der Waals surface area (Å²) in [5.41, 5.74) is 0. The van der Waals surface area contributed by atoms with E-state index < -0.39 is 0 Å². The number of rotatable bonds is 5. The van der Waals surface area contributed by atoms with Gasteiger partial charge in [-0.3, -0.25) is 10.7 Å². The molecule has 3 heteroatoms. The average molecular weight is 211 g/mol. The van der Waals surface area contributed by atoms with Gasteiger partial charge in [0.1, 0.15) is 0 Å². The second-order valence-electron chi connectivity index (χ2n) is 4.67. The number of piperazine rings is 1. The largest absolute Gasteiger partial charge is 0.295 e. The highest BCUT2D eigenvalue weighted by Crippen LogP contribution is 2.14. The molecular weight excluding hydrogens is 186 g/mol. The van der Waals surface area contributed by atoms with Crippen LogP contribution in [0.15, 0.2) is 12.7 Å². The predicted octanol–water partition coefficient (Wildman–Crippen LogP) is 1.61. The van der Waals surface area contributed by atoms with Crippen LogP contribution in [0.2, 0.25) is 0 Å². The van der Waals surface area contributed by atoms with E-state index in [1.165, 1.54) is 19.4 Å². The van der Waals surface area contributed by atoms with Gasteiger partial charge in [-0.1, -0.05) is 6.08 Å². The van der Waals surface area contributed by atoms with E-state index in [2.05, 4.69) is 25.3 Å². The van der Waals surface area contributed by atoms with Crippen molar-refractivity contribution in [2.45, 2.75) is 45.2 Å². The molecular formula is C12H25N3. The van der Waals surface area contributed by atoms with Gasteiger partial charge in [0.05, 0.1) is 0 Å². The fourth-order valence-electron chi connectivity index (χ4n) is 2.42. The summed E-state index contributed by atoms with van der Waals surface area (Å²) in [6.07, 6.45) is 5.67. The molecule has 0 amide bonds. The summed E-state index contributed by atoms with van der Waals surface area (Å²) in [5.74, 6) is 5.85. The van der Waals surface area contributed by atoms with Gasteiger partial charge in [-0.15, -0.1) is 6.58 Å². The number of nitrogens with two attached hydrogens (primary N) is 1. The summed E-state index contributed by atoms with van der Waals surface area (Å²) >= 11 is 0. The molecule has 2 N–H and O–H groups in total. The molecule has 3 nitrogen and oxygen atoms in total. The van der Waals surface area contributed by atoms with Crippen molar-refractivity contribution in [3.05, 3.63) is 12.7 Å². The van der Waals surface area contributed by atoms with Gasteiger partial charge in [-0.05, 0) is 39.7 Å². The number of unbranched alkanes of at least 4 members (excludes halogenated alkanes) is 2. The monoisotopic (exact) mass is 211 g/mol. The van der Waals surface area contributed by atoms with Gasteiger partial charge < -0.3 is 0 Å². The maximum Gasteiger partial charge on any atom is 0.0283 e. The number of allylic oxidation sites excluding steroid dienone is 1. The van der Waals surface area contributed by atoms with Crippen LogP contribution < -0.4 is 5.84 Å². The van der Waals surface area contributed by atoms with Gasteiger partial charge in [0.2, 0.25) is 0 Å². The molecule has 88 valence electrons. The van der Waals surface area contributed by atoms with Gasteiger partial charge in [0, 0.05) is 25.2 Å². The number of nitrogens with zero attached hydrogens (tertiary/aromatic N) is 2. The normalized spacial score (nSPS) is 29.3. The van der Waals surface area contributed by atoms with E-state index in [0.717, 1.165) is 19.5 Å². The molecule has 0 aromatic carbocycles. The van der Waals surface area contributed by atoms with Crippen LogP contribution in [0.25, 0.3) is 0 Å². The van der Waals surface area contributed by atoms with Crippen LogP contribution in [0, 0.1) is 0 Å². The molecule has 0 aliphatic carbocycles. The highest BCUT2D eigenvalue weighted by molar-refractivity contribution is 4.82. The third-order valence-corrected chi connectivity index (χ3v) is 3.20. The molecule has 1 fully saturated rings. The lowest BCUT2D eigenvalue weighted by Crippen LogP contribution is -2.58. The molecule has 0 radical (unpaired) electrons. The molecule has 1 saturated heterocycles. The van der Waals surface area contributed by atoms with E-state index in [1.54, 1.807) is 0 Å². The first-order valence-corrected chi connectivity index (χ1v) is 6.01. The second-order valence-corrected chi connectivity index (χ2v) is 4.67. The van der Waals surface area contributed by atoms with Crippen LogP contribution in [0.4, 0.5) is 0 Å². The Kier molecular flexibility index (Phi) is 5.29. The van der Waals surface area contributed by atoms with Crippen molar-refractivity contribution >= 4 is 0 Å². The zero-order valence-corrected chi connectivity index (χ0v) is 10.2. The van der Waals surface area contributed by atoms with E-state index in [1.807, 2.05) is 11.1 Å². The predicted molar refractivity (Wildman–Crippen MR) is 65.4 cm³/mol. The van der Waals surface area contributed by atoms with Crippen LogP contribution in [-0.4, -0.2) is 41.6 Å². The lowest BCUT2D eigenvalue weighted by atomic mass is 10.1. The molecule has 1 aliphatic heterocycles. The average Bonchev–Trinajstić information content (AvgIpc) is 2.15. The molecule has 1 aliphatic rings. The minimum atomic E-state index is 0.586. The van der Waals surface area contributed by atoms with Gasteiger partial charge in [0.15, 0.2) is 0 Å². The SMILES string of the molecule is C=CCCCCN1C(C)CN(N)CC1C. The third kappa shape index (κ3) is 3.93. The smallest absolute Gasteiger partial charge is 0.0283 e. The Labute approximate surface area is 93.9 Å². The molecule has 0 bridgehead atoms. The van der Waals surface area contributed by atoms with E-state index in [9.17, 15) is 0 Å². The minimum absolute atomic E-state index is 0.586. The molecule has 1 heterocycles. The zero-order valence-electron chi connectivity index (χ0n) is 10.2. The Morgan fingerprint density at radius 2 is 1.87 bits per heavy atom. The molecule has 0 spiro atoms. The van der Waals surface area contributed by atoms with Crippen molar-refractivity contribution in [3.8, 4) is 0 Å². The van der Waals surface area contributed by atoms with Gasteiger partial charge in [-0.2, -0.15) is 0 Å². The standard InChI is InChI=1S/C12H25N3/c1-4-5-6-7-8-15-11(2)9-14(13)10-12(15)3/h4,11-12H,1,5-10,13H2,2-3H3. The van der Waals surface area contributed by atoms with Crippen molar-refractivity contribution in [3.63, 3.8) is 0 Å². The fraction of sp³-hybridized carbons (Fsp3) is 0.833. The molecule has 15 heavy (non-hydrogen) atoms. The summed E-state index contributed by atoms with van der Waals surface area (Å²) in [5, 5.41) is 1.94. The number of hydrazine groups is 1. The Bertz CT molecular complexity index is 181. The van der Waals surface area contributed by atoms with E-state index in [-0.39, 0.29) is 0 Å². The third-order valence-electron chi connectivity index (χ3n) is 3.20. The maximum atomic E-state index is 5.85. The van der Waals surface area contributed by atoms with E-state index in [4.69, 9.17) is 5.84 Å². The molecule has 2 unspecified atom stereocenters. The van der Waals surface area contributed by atoms with Crippen molar-refractivity contribution < 1.29 is 0 Å². The van der Waals surface area contributed by atoms with Crippen molar-refractivity contribution in [1.82, 2.24) is 9.91 Å². The number of hydrogen-bond acceptors (Lipinski definition) is 3. The minimum Gasteiger partial charge on any atom is -0.295 e. The lowest BCUT2D eigenvalue weighted by Gasteiger charge is -2.42. The molecule has 2 atom stereocenters. The zero-order chi connectivity index (χ0) is 11.3. The van der Waals surface area contributed by atoms with Crippen LogP contribution in [0.5, 0.6) is 0 Å². The lowest BCUT2D eigenvalue weighted by molar-refractivity contribution is 0.0378. The fourth-order valence-corrected chi connectivity index (χ4v) is 2.42. The van der Waals surface area contributed by atoms with Crippen molar-refractivity contribution in [2.75, 3.05) is 19.6 Å². The molecule has 1 rings (SSSR count). The molecule has 0 aromatic rings. The van der Waals surface area contributed by atoms with E-state index in [0.29, 0.717) is 12.1 Å². The van der Waals surface area contributed by atoms with Crippen molar-refractivity contribution in [2.24, 2.45) is 5.84 Å². The van der Waals surface area contributed by atoms with Crippen LogP contribution >= 0.6 is 0 Å². The van der Waals surface area contributed by atoms with Crippen molar-refractivity contribution in [1.29, 1.82) is 0 Å². The Balaban J connectivity index is 2.29. The molecule has 0 aromatic heterocycles. The first-order chi connectivity index (χ1) is 7.15. The van der Waals surface area contributed by atoms with Gasteiger partial charge in [0.25, 0.3) is 0 Å². The summed E-state index contributed by atoms with van der Waals surface area (Å²) in [6.45, 7) is 11.5. The Morgan fingerprint density at radius 3 is 2.40 bits per heavy atom. The summed E-state index contributed by atoms with van der Waals surface area (Å²) in [4.78, 5) is 2.58. The summed E-state index contributed by atoms with van der Waals surface area (Å²) < 4.78 is 0. The second kappa shape index (κ2) is 6.26.